The molecule has 0 aromatic heterocycles. The lowest BCUT2D eigenvalue weighted by molar-refractivity contribution is -0.159. The lowest BCUT2D eigenvalue weighted by Gasteiger charge is -2.46. The van der Waals surface area contributed by atoms with E-state index in [-0.39, 0.29) is 34.7 Å². The molecule has 53 heavy (non-hydrogen) atoms. The molecule has 0 spiro atoms. The molecule has 0 aliphatic carbocycles. The minimum atomic E-state index is -2.88. The SMILES string of the molecule is CC(=O)O[C@H](/C=C(/C)CCC[C@H](C)CC1CC(O[Si](C)(C)C(C)(C)C)C(O[Si](c2ccccc2)(c2ccccc2)C(C)(C)C)O1)CC(=O)OC(C)(C)C. The van der Waals surface area contributed by atoms with E-state index in [1.165, 1.54) is 17.3 Å². The van der Waals surface area contributed by atoms with Crippen LogP contribution in [0, 0.1) is 5.92 Å². The van der Waals surface area contributed by atoms with Gasteiger partial charge in [-0.1, -0.05) is 121 Å². The van der Waals surface area contributed by atoms with Crippen LogP contribution in [0.1, 0.15) is 122 Å². The Labute approximate surface area is 323 Å². The van der Waals surface area contributed by atoms with Crippen LogP contribution < -0.4 is 10.4 Å². The lowest BCUT2D eigenvalue weighted by Crippen LogP contribution is -2.68. The Balaban J connectivity index is 1.80. The van der Waals surface area contributed by atoms with Crippen LogP contribution in [0.25, 0.3) is 0 Å². The van der Waals surface area contributed by atoms with Gasteiger partial charge in [0.15, 0.2) is 14.6 Å². The van der Waals surface area contributed by atoms with Crippen molar-refractivity contribution in [2.75, 3.05) is 0 Å². The summed E-state index contributed by atoms with van der Waals surface area (Å²) in [4.78, 5) is 24.3. The van der Waals surface area contributed by atoms with Gasteiger partial charge < -0.3 is 23.1 Å². The van der Waals surface area contributed by atoms with Crippen LogP contribution in [-0.4, -0.2) is 58.8 Å². The summed E-state index contributed by atoms with van der Waals surface area (Å²) in [6.07, 6.45) is 5.17. The highest BCUT2D eigenvalue weighted by atomic mass is 28.4. The predicted molar refractivity (Wildman–Crippen MR) is 221 cm³/mol. The van der Waals surface area contributed by atoms with Crippen LogP contribution in [0.15, 0.2) is 72.3 Å². The fourth-order valence-electron chi connectivity index (χ4n) is 7.07. The van der Waals surface area contributed by atoms with Crippen LogP contribution in [0.5, 0.6) is 0 Å². The standard InChI is InChI=1S/C44H70O7Si2/c1-32(22-21-23-33(2)29-36(47-34(3)45)31-40(46)49-42(4,5)6)28-35-30-39(50-52(13,14)43(7,8)9)41(48-35)51-53(44(10,11)12,37-24-17-15-18-25-37)38-26-19-16-20-27-38/h15-20,24-27,29,32,35-36,39,41H,21-23,28,30-31H2,1-14H3/b33-29-/t32-,35?,36+,39?,41?/m0/s1. The van der Waals surface area contributed by atoms with Crippen molar-refractivity contribution >= 4 is 38.9 Å². The summed E-state index contributed by atoms with van der Waals surface area (Å²) >= 11 is 0. The average molecular weight is 767 g/mol. The van der Waals surface area contributed by atoms with E-state index >= 15 is 0 Å². The molecular formula is C44H70O7Si2. The fourth-order valence-corrected chi connectivity index (χ4v) is 13.0. The van der Waals surface area contributed by atoms with Gasteiger partial charge in [-0.15, -0.1) is 0 Å². The second-order valence-corrected chi connectivity index (χ2v) is 27.8. The maximum Gasteiger partial charge on any atom is 0.310 e. The Bertz CT molecular complexity index is 1450. The van der Waals surface area contributed by atoms with Crippen LogP contribution in [0.4, 0.5) is 0 Å². The molecule has 9 heteroatoms. The monoisotopic (exact) mass is 766 g/mol. The van der Waals surface area contributed by atoms with E-state index in [0.29, 0.717) is 5.92 Å². The molecule has 0 radical (unpaired) electrons. The number of esters is 2. The number of hydrogen-bond donors (Lipinski definition) is 0. The van der Waals surface area contributed by atoms with Gasteiger partial charge in [0.25, 0.3) is 8.32 Å². The van der Waals surface area contributed by atoms with Crippen molar-refractivity contribution in [3.05, 3.63) is 72.3 Å². The van der Waals surface area contributed by atoms with Gasteiger partial charge in [0, 0.05) is 13.3 Å². The molecule has 0 amide bonds. The Morgan fingerprint density at radius 2 is 1.40 bits per heavy atom. The van der Waals surface area contributed by atoms with Crippen LogP contribution in [-0.2, 0) is 32.7 Å². The smallest absolute Gasteiger partial charge is 0.310 e. The Kier molecular flexibility index (Phi) is 15.5. The van der Waals surface area contributed by atoms with Gasteiger partial charge in [0.1, 0.15) is 11.7 Å². The van der Waals surface area contributed by atoms with Gasteiger partial charge in [-0.2, -0.15) is 0 Å². The number of allylic oxidation sites excluding steroid dienone is 1. The zero-order valence-corrected chi connectivity index (χ0v) is 37.3. The third-order valence-electron chi connectivity index (χ3n) is 10.6. The van der Waals surface area contributed by atoms with Crippen molar-refractivity contribution < 1.29 is 32.7 Å². The quantitative estimate of drug-likeness (QED) is 0.0956. The van der Waals surface area contributed by atoms with Crippen LogP contribution >= 0.6 is 0 Å². The lowest BCUT2D eigenvalue weighted by atomic mass is 9.94. The number of hydrogen-bond acceptors (Lipinski definition) is 7. The molecule has 1 heterocycles. The summed E-state index contributed by atoms with van der Waals surface area (Å²) < 4.78 is 32.7. The van der Waals surface area contributed by atoms with Gasteiger partial charge in [0.2, 0.25) is 0 Å². The van der Waals surface area contributed by atoms with Crippen molar-refractivity contribution in [2.45, 2.75) is 175 Å². The second kappa shape index (κ2) is 18.4. The molecule has 5 atom stereocenters. The first-order valence-electron chi connectivity index (χ1n) is 19.6. The largest absolute Gasteiger partial charge is 0.460 e. The molecule has 3 rings (SSSR count). The highest BCUT2D eigenvalue weighted by Gasteiger charge is 2.55. The van der Waals surface area contributed by atoms with Gasteiger partial charge in [0.05, 0.1) is 18.6 Å². The molecule has 1 saturated heterocycles. The topological polar surface area (TPSA) is 80.3 Å². The van der Waals surface area contributed by atoms with Crippen molar-refractivity contribution in [3.63, 3.8) is 0 Å². The van der Waals surface area contributed by atoms with E-state index in [1.54, 1.807) is 0 Å². The number of ether oxygens (including phenoxy) is 3. The number of rotatable bonds is 16. The van der Waals surface area contributed by atoms with Crippen molar-refractivity contribution in [2.24, 2.45) is 5.92 Å². The first kappa shape index (κ1) is 44.8. The van der Waals surface area contributed by atoms with Gasteiger partial charge in [-0.25, -0.2) is 0 Å². The molecule has 1 aliphatic heterocycles. The number of carbonyl (C=O) groups excluding carboxylic acids is 2. The average Bonchev–Trinajstić information content (AvgIpc) is 3.37. The number of carbonyl (C=O) groups is 2. The second-order valence-electron chi connectivity index (χ2n) is 18.7. The van der Waals surface area contributed by atoms with E-state index < -0.39 is 40.6 Å². The summed E-state index contributed by atoms with van der Waals surface area (Å²) in [6.45, 7) is 29.6. The summed E-state index contributed by atoms with van der Waals surface area (Å²) in [5, 5.41) is 2.33. The highest BCUT2D eigenvalue weighted by Crippen LogP contribution is 2.44. The molecule has 0 bridgehead atoms. The molecule has 3 unspecified atom stereocenters. The maximum absolute atomic E-state index is 12.5. The third kappa shape index (κ3) is 13.0. The van der Waals surface area contributed by atoms with E-state index in [9.17, 15) is 9.59 Å². The zero-order chi connectivity index (χ0) is 39.8. The molecule has 1 fully saturated rings. The number of benzene rings is 2. The minimum Gasteiger partial charge on any atom is -0.460 e. The van der Waals surface area contributed by atoms with E-state index in [1.807, 2.05) is 33.8 Å². The van der Waals surface area contributed by atoms with E-state index in [0.717, 1.165) is 37.7 Å². The summed E-state index contributed by atoms with van der Waals surface area (Å²) in [5.74, 6) is -0.383. The molecule has 0 saturated carbocycles. The Morgan fingerprint density at radius 1 is 0.849 bits per heavy atom. The molecule has 0 N–H and O–H groups in total. The molecule has 2 aromatic rings. The highest BCUT2D eigenvalue weighted by molar-refractivity contribution is 6.99. The van der Waals surface area contributed by atoms with Crippen molar-refractivity contribution in [1.29, 1.82) is 0 Å². The molecule has 7 nitrogen and oxygen atoms in total. The van der Waals surface area contributed by atoms with Crippen LogP contribution in [0.2, 0.25) is 23.2 Å². The molecular weight excluding hydrogens is 697 g/mol. The first-order chi connectivity index (χ1) is 24.4. The summed E-state index contributed by atoms with van der Waals surface area (Å²) in [6, 6.07) is 21.5. The molecule has 296 valence electrons. The van der Waals surface area contributed by atoms with E-state index in [4.69, 9.17) is 23.1 Å². The normalized spacial score (nSPS) is 20.2. The first-order valence-corrected chi connectivity index (χ1v) is 24.4. The van der Waals surface area contributed by atoms with E-state index in [2.05, 4.69) is 122 Å². The van der Waals surface area contributed by atoms with Gasteiger partial charge in [-0.05, 0) is 92.5 Å². The predicted octanol–water partition coefficient (Wildman–Crippen LogP) is 9.87. The van der Waals surface area contributed by atoms with Gasteiger partial charge >= 0.3 is 11.9 Å². The maximum atomic E-state index is 12.5. The Hall–Kier alpha value is -2.57. The zero-order valence-electron chi connectivity index (χ0n) is 35.3. The minimum absolute atomic E-state index is 0.00113. The molecule has 1 aliphatic rings. The van der Waals surface area contributed by atoms with Crippen molar-refractivity contribution in [3.8, 4) is 0 Å². The fraction of sp³-hybridized carbons (Fsp3) is 0.636. The van der Waals surface area contributed by atoms with Crippen LogP contribution in [0.3, 0.4) is 0 Å². The van der Waals surface area contributed by atoms with Crippen molar-refractivity contribution in [1.82, 2.24) is 0 Å². The van der Waals surface area contributed by atoms with Gasteiger partial charge in [-0.3, -0.25) is 9.59 Å². The third-order valence-corrected chi connectivity index (χ3v) is 20.1. The molecule has 2 aromatic carbocycles. The summed E-state index contributed by atoms with van der Waals surface area (Å²) in [5.41, 5.74) is 0.492. The summed E-state index contributed by atoms with van der Waals surface area (Å²) in [7, 11) is -5.04. The Morgan fingerprint density at radius 3 is 1.87 bits per heavy atom.